The Hall–Kier alpha value is -1.89. The molecule has 0 aliphatic carbocycles. The molecule has 0 heterocycles. The van der Waals surface area contributed by atoms with Crippen LogP contribution >= 0.6 is 0 Å². The standard InChI is InChI=1S/C14H20F2N2O3/c1-13(2,3)21-12(19)18-10-6-5-9(7-11(10)20-4)14(15,16)8-17/h5-7H,8,17H2,1-4H3,(H,18,19). The number of halogens is 2. The maximum absolute atomic E-state index is 13.5. The molecule has 0 bridgehead atoms. The van der Waals surface area contributed by atoms with E-state index in [2.05, 4.69) is 5.32 Å². The van der Waals surface area contributed by atoms with E-state index in [4.69, 9.17) is 15.2 Å². The second-order valence-corrected chi connectivity index (χ2v) is 5.45. The van der Waals surface area contributed by atoms with Crippen molar-refractivity contribution >= 4 is 11.8 Å². The lowest BCUT2D eigenvalue weighted by molar-refractivity contribution is 0.00578. The van der Waals surface area contributed by atoms with Gasteiger partial charge < -0.3 is 15.2 Å². The lowest BCUT2D eigenvalue weighted by Gasteiger charge is -2.21. The summed E-state index contributed by atoms with van der Waals surface area (Å²) in [4.78, 5) is 11.7. The highest BCUT2D eigenvalue weighted by Gasteiger charge is 2.30. The molecule has 7 heteroatoms. The smallest absolute Gasteiger partial charge is 0.412 e. The first-order chi connectivity index (χ1) is 9.59. The second kappa shape index (κ2) is 6.26. The van der Waals surface area contributed by atoms with E-state index in [1.54, 1.807) is 20.8 Å². The average molecular weight is 302 g/mol. The van der Waals surface area contributed by atoms with E-state index in [0.717, 1.165) is 6.07 Å². The molecule has 0 spiro atoms. The molecule has 5 nitrogen and oxygen atoms in total. The molecule has 0 radical (unpaired) electrons. The Morgan fingerprint density at radius 3 is 2.43 bits per heavy atom. The first kappa shape index (κ1) is 17.2. The van der Waals surface area contributed by atoms with Gasteiger partial charge in [0.1, 0.15) is 11.4 Å². The predicted octanol–water partition coefficient (Wildman–Crippen LogP) is 3.09. The van der Waals surface area contributed by atoms with Crippen LogP contribution in [-0.4, -0.2) is 25.3 Å². The van der Waals surface area contributed by atoms with Crippen molar-refractivity contribution in [2.24, 2.45) is 5.73 Å². The van der Waals surface area contributed by atoms with Gasteiger partial charge in [-0.15, -0.1) is 0 Å². The molecule has 1 amide bonds. The van der Waals surface area contributed by atoms with Gasteiger partial charge in [-0.2, -0.15) is 8.78 Å². The van der Waals surface area contributed by atoms with Gasteiger partial charge in [0.05, 0.1) is 19.3 Å². The van der Waals surface area contributed by atoms with E-state index in [0.29, 0.717) is 0 Å². The summed E-state index contributed by atoms with van der Waals surface area (Å²) in [5.41, 5.74) is 4.33. The van der Waals surface area contributed by atoms with Crippen LogP contribution in [0.15, 0.2) is 18.2 Å². The Morgan fingerprint density at radius 1 is 1.33 bits per heavy atom. The molecule has 0 saturated carbocycles. The number of nitrogens with one attached hydrogen (secondary N) is 1. The largest absolute Gasteiger partial charge is 0.495 e. The van der Waals surface area contributed by atoms with Crippen molar-refractivity contribution in [3.05, 3.63) is 23.8 Å². The Kier molecular flexibility index (Phi) is 5.11. The fraction of sp³-hybridized carbons (Fsp3) is 0.500. The van der Waals surface area contributed by atoms with Gasteiger partial charge in [-0.05, 0) is 32.9 Å². The molecule has 1 aromatic carbocycles. The fourth-order valence-electron chi connectivity index (χ4n) is 1.55. The molecule has 0 aromatic heterocycles. The van der Waals surface area contributed by atoms with E-state index >= 15 is 0 Å². The van der Waals surface area contributed by atoms with E-state index in [-0.39, 0.29) is 17.0 Å². The number of carbonyl (C=O) groups is 1. The van der Waals surface area contributed by atoms with Crippen molar-refractivity contribution in [2.75, 3.05) is 19.0 Å². The minimum Gasteiger partial charge on any atom is -0.495 e. The van der Waals surface area contributed by atoms with Crippen LogP contribution in [-0.2, 0) is 10.7 Å². The van der Waals surface area contributed by atoms with Gasteiger partial charge in [-0.1, -0.05) is 6.07 Å². The maximum atomic E-state index is 13.5. The van der Waals surface area contributed by atoms with E-state index in [1.807, 2.05) is 0 Å². The number of rotatable bonds is 4. The number of ether oxygens (including phenoxy) is 2. The summed E-state index contributed by atoms with van der Waals surface area (Å²) >= 11 is 0. The number of hydrogen-bond acceptors (Lipinski definition) is 4. The Labute approximate surface area is 122 Å². The minimum absolute atomic E-state index is 0.103. The van der Waals surface area contributed by atoms with Crippen molar-refractivity contribution in [3.63, 3.8) is 0 Å². The van der Waals surface area contributed by atoms with Crippen LogP contribution in [0.25, 0.3) is 0 Å². The van der Waals surface area contributed by atoms with Crippen LogP contribution in [0.5, 0.6) is 5.75 Å². The molecule has 0 fully saturated rings. The number of methoxy groups -OCH3 is 1. The summed E-state index contributed by atoms with van der Waals surface area (Å²) < 4.78 is 37.1. The van der Waals surface area contributed by atoms with Gasteiger partial charge in [0.25, 0.3) is 5.92 Å². The summed E-state index contributed by atoms with van der Waals surface area (Å²) in [6, 6.07) is 3.64. The molecule has 0 saturated heterocycles. The van der Waals surface area contributed by atoms with Crippen LogP contribution in [0.4, 0.5) is 19.3 Å². The highest BCUT2D eigenvalue weighted by atomic mass is 19.3. The zero-order valence-electron chi connectivity index (χ0n) is 12.5. The van der Waals surface area contributed by atoms with Crippen LogP contribution in [0.3, 0.4) is 0 Å². The average Bonchev–Trinajstić information content (AvgIpc) is 2.36. The third kappa shape index (κ3) is 4.86. The SMILES string of the molecule is COc1cc(C(F)(F)CN)ccc1NC(=O)OC(C)(C)C. The van der Waals surface area contributed by atoms with Gasteiger partial charge in [-0.3, -0.25) is 5.32 Å². The molecule has 21 heavy (non-hydrogen) atoms. The monoisotopic (exact) mass is 302 g/mol. The molecular formula is C14H20F2N2O3. The molecule has 0 unspecified atom stereocenters. The van der Waals surface area contributed by atoms with Crippen LogP contribution in [0.2, 0.25) is 0 Å². The van der Waals surface area contributed by atoms with E-state index in [9.17, 15) is 13.6 Å². The van der Waals surface area contributed by atoms with Gasteiger partial charge in [0.2, 0.25) is 0 Å². The number of amides is 1. The van der Waals surface area contributed by atoms with Crippen molar-refractivity contribution in [2.45, 2.75) is 32.3 Å². The molecule has 1 rings (SSSR count). The number of alkyl halides is 2. The molecule has 3 N–H and O–H groups in total. The molecule has 1 aromatic rings. The zero-order chi connectivity index (χ0) is 16.3. The number of carbonyl (C=O) groups excluding carboxylic acids is 1. The predicted molar refractivity (Wildman–Crippen MR) is 75.8 cm³/mol. The second-order valence-electron chi connectivity index (χ2n) is 5.45. The summed E-state index contributed by atoms with van der Waals surface area (Å²) in [5.74, 6) is -3.05. The topological polar surface area (TPSA) is 73.6 Å². The number of benzene rings is 1. The van der Waals surface area contributed by atoms with Gasteiger partial charge in [0.15, 0.2) is 0 Å². The molecule has 118 valence electrons. The fourth-order valence-corrected chi connectivity index (χ4v) is 1.55. The van der Waals surface area contributed by atoms with Crippen LogP contribution < -0.4 is 15.8 Å². The summed E-state index contributed by atoms with van der Waals surface area (Å²) in [5, 5.41) is 2.45. The first-order valence-electron chi connectivity index (χ1n) is 6.35. The summed E-state index contributed by atoms with van der Waals surface area (Å²) in [6.45, 7) is 4.34. The number of nitrogens with two attached hydrogens (primary N) is 1. The van der Waals surface area contributed by atoms with Crippen molar-refractivity contribution in [1.82, 2.24) is 0 Å². The highest BCUT2D eigenvalue weighted by molar-refractivity contribution is 5.87. The highest BCUT2D eigenvalue weighted by Crippen LogP contribution is 2.33. The zero-order valence-corrected chi connectivity index (χ0v) is 12.5. The Morgan fingerprint density at radius 2 is 1.95 bits per heavy atom. The van der Waals surface area contributed by atoms with Gasteiger partial charge in [0, 0.05) is 5.56 Å². The van der Waals surface area contributed by atoms with Crippen molar-refractivity contribution < 1.29 is 23.0 Å². The van der Waals surface area contributed by atoms with Crippen molar-refractivity contribution in [1.29, 1.82) is 0 Å². The maximum Gasteiger partial charge on any atom is 0.412 e. The third-order valence-electron chi connectivity index (χ3n) is 2.52. The minimum atomic E-state index is -3.16. The summed E-state index contributed by atoms with van der Waals surface area (Å²) in [7, 11) is 1.32. The van der Waals surface area contributed by atoms with Gasteiger partial charge >= 0.3 is 6.09 Å². The lowest BCUT2D eigenvalue weighted by atomic mass is 10.1. The first-order valence-corrected chi connectivity index (χ1v) is 6.35. The van der Waals surface area contributed by atoms with Gasteiger partial charge in [-0.25, -0.2) is 4.79 Å². The van der Waals surface area contributed by atoms with E-state index < -0.39 is 24.2 Å². The molecule has 0 aliphatic heterocycles. The van der Waals surface area contributed by atoms with Crippen molar-refractivity contribution in [3.8, 4) is 5.75 Å². The quantitative estimate of drug-likeness (QED) is 0.896. The molecule has 0 atom stereocenters. The lowest BCUT2D eigenvalue weighted by Crippen LogP contribution is -2.27. The summed E-state index contributed by atoms with van der Waals surface area (Å²) in [6.07, 6.45) is -0.695. The third-order valence-corrected chi connectivity index (χ3v) is 2.52. The van der Waals surface area contributed by atoms with Crippen LogP contribution in [0.1, 0.15) is 26.3 Å². The Balaban J connectivity index is 2.97. The number of anilines is 1. The van der Waals surface area contributed by atoms with E-state index in [1.165, 1.54) is 19.2 Å². The molecular weight excluding hydrogens is 282 g/mol. The Bertz CT molecular complexity index is 513. The van der Waals surface area contributed by atoms with Crippen LogP contribution in [0, 0.1) is 0 Å². The normalized spacial score (nSPS) is 12.0. The number of hydrogen-bond donors (Lipinski definition) is 2. The molecule has 0 aliphatic rings.